The third kappa shape index (κ3) is 2.99. The van der Waals surface area contributed by atoms with Gasteiger partial charge >= 0.3 is 0 Å². The van der Waals surface area contributed by atoms with E-state index in [0.717, 1.165) is 23.0 Å². The molecular formula is C16H22ClN3. The zero-order valence-electron chi connectivity index (χ0n) is 12.2. The van der Waals surface area contributed by atoms with Gasteiger partial charge in [0.25, 0.3) is 0 Å². The summed E-state index contributed by atoms with van der Waals surface area (Å²) in [7, 11) is 0. The fourth-order valence-corrected chi connectivity index (χ4v) is 3.29. The van der Waals surface area contributed by atoms with Crippen LogP contribution in [0.3, 0.4) is 0 Å². The molecule has 4 heteroatoms. The fourth-order valence-electron chi connectivity index (χ4n) is 3.14. The second kappa shape index (κ2) is 5.74. The Hall–Kier alpha value is -1.06. The molecule has 1 saturated heterocycles. The van der Waals surface area contributed by atoms with E-state index in [1.807, 2.05) is 18.3 Å². The number of piperidine rings is 1. The Morgan fingerprint density at radius 1 is 1.45 bits per heavy atom. The molecule has 1 aliphatic rings. The van der Waals surface area contributed by atoms with E-state index in [9.17, 15) is 0 Å². The van der Waals surface area contributed by atoms with Crippen LogP contribution < -0.4 is 0 Å². The standard InChI is InChI=1S/C16H22ClN3/c1-12(2)19-6-3-4-13(10-19)8-15-11-20-7-5-14(17)9-16(20)18-15/h5,7,9,11-13H,3-4,6,8,10H2,1-2H3. The first kappa shape index (κ1) is 13.9. The molecule has 3 heterocycles. The lowest BCUT2D eigenvalue weighted by molar-refractivity contribution is 0.139. The Kier molecular flexibility index (Phi) is 3.99. The van der Waals surface area contributed by atoms with Gasteiger partial charge < -0.3 is 9.30 Å². The quantitative estimate of drug-likeness (QED) is 0.860. The molecule has 0 N–H and O–H groups in total. The van der Waals surface area contributed by atoms with Gasteiger partial charge in [-0.15, -0.1) is 0 Å². The van der Waals surface area contributed by atoms with Crippen LogP contribution >= 0.6 is 11.6 Å². The number of hydrogen-bond acceptors (Lipinski definition) is 2. The Morgan fingerprint density at radius 2 is 2.30 bits per heavy atom. The number of fused-ring (bicyclic) bond motifs is 1. The summed E-state index contributed by atoms with van der Waals surface area (Å²) in [5.41, 5.74) is 2.13. The first-order chi connectivity index (χ1) is 9.61. The number of aromatic nitrogens is 2. The minimum atomic E-state index is 0.651. The van der Waals surface area contributed by atoms with Crippen LogP contribution in [-0.4, -0.2) is 33.4 Å². The van der Waals surface area contributed by atoms with Gasteiger partial charge in [-0.25, -0.2) is 4.98 Å². The lowest BCUT2D eigenvalue weighted by atomic mass is 9.93. The second-order valence-corrected chi connectivity index (χ2v) is 6.58. The van der Waals surface area contributed by atoms with Gasteiger partial charge in [-0.2, -0.15) is 0 Å². The normalized spacial score (nSPS) is 20.9. The van der Waals surface area contributed by atoms with Gasteiger partial charge in [0.1, 0.15) is 5.65 Å². The van der Waals surface area contributed by atoms with Crippen molar-refractivity contribution in [2.45, 2.75) is 39.2 Å². The first-order valence-corrected chi connectivity index (χ1v) is 7.87. The van der Waals surface area contributed by atoms with Crippen LogP contribution in [0.4, 0.5) is 0 Å². The zero-order chi connectivity index (χ0) is 14.1. The van der Waals surface area contributed by atoms with Gasteiger partial charge in [0.2, 0.25) is 0 Å². The van der Waals surface area contributed by atoms with E-state index >= 15 is 0 Å². The highest BCUT2D eigenvalue weighted by molar-refractivity contribution is 6.30. The molecule has 1 fully saturated rings. The zero-order valence-corrected chi connectivity index (χ0v) is 13.0. The molecule has 0 aliphatic carbocycles. The number of halogens is 1. The molecule has 0 aromatic carbocycles. The summed E-state index contributed by atoms with van der Waals surface area (Å²) in [5, 5.41) is 0.748. The summed E-state index contributed by atoms with van der Waals surface area (Å²) in [5.74, 6) is 0.728. The molecule has 2 aromatic heterocycles. The van der Waals surface area contributed by atoms with Crippen molar-refractivity contribution in [3.05, 3.63) is 35.2 Å². The largest absolute Gasteiger partial charge is 0.307 e. The van der Waals surface area contributed by atoms with Crippen molar-refractivity contribution in [2.75, 3.05) is 13.1 Å². The van der Waals surface area contributed by atoms with E-state index in [2.05, 4.69) is 29.3 Å². The van der Waals surface area contributed by atoms with Gasteiger partial charge in [0.05, 0.1) is 5.69 Å². The molecule has 3 rings (SSSR count). The van der Waals surface area contributed by atoms with Crippen molar-refractivity contribution in [1.82, 2.24) is 14.3 Å². The van der Waals surface area contributed by atoms with Gasteiger partial charge in [-0.05, 0) is 57.7 Å². The first-order valence-electron chi connectivity index (χ1n) is 7.49. The highest BCUT2D eigenvalue weighted by Crippen LogP contribution is 2.22. The number of likely N-dealkylation sites (tertiary alicyclic amines) is 1. The van der Waals surface area contributed by atoms with Crippen molar-refractivity contribution < 1.29 is 0 Å². The second-order valence-electron chi connectivity index (χ2n) is 6.14. The Labute approximate surface area is 125 Å². The predicted molar refractivity (Wildman–Crippen MR) is 83.3 cm³/mol. The molecule has 1 aliphatic heterocycles. The van der Waals surface area contributed by atoms with Crippen LogP contribution in [0, 0.1) is 5.92 Å². The molecule has 0 saturated carbocycles. The maximum Gasteiger partial charge on any atom is 0.138 e. The van der Waals surface area contributed by atoms with E-state index in [-0.39, 0.29) is 0 Å². The summed E-state index contributed by atoms with van der Waals surface area (Å²) in [4.78, 5) is 7.28. The molecule has 0 radical (unpaired) electrons. The average Bonchev–Trinajstić information content (AvgIpc) is 2.80. The molecular weight excluding hydrogens is 270 g/mol. The molecule has 1 atom stereocenters. The number of nitrogens with zero attached hydrogens (tertiary/aromatic N) is 3. The van der Waals surface area contributed by atoms with Gasteiger partial charge in [0.15, 0.2) is 0 Å². The molecule has 0 amide bonds. The van der Waals surface area contributed by atoms with Crippen LogP contribution in [0.2, 0.25) is 5.02 Å². The van der Waals surface area contributed by atoms with E-state index in [1.165, 1.54) is 31.6 Å². The van der Waals surface area contributed by atoms with Crippen LogP contribution in [0.5, 0.6) is 0 Å². The number of pyridine rings is 1. The highest BCUT2D eigenvalue weighted by atomic mass is 35.5. The summed E-state index contributed by atoms with van der Waals surface area (Å²) in [6, 6.07) is 4.48. The Morgan fingerprint density at radius 3 is 3.10 bits per heavy atom. The van der Waals surface area contributed by atoms with Crippen LogP contribution in [0.15, 0.2) is 24.5 Å². The summed E-state index contributed by atoms with van der Waals surface area (Å²) in [6.07, 6.45) is 7.82. The monoisotopic (exact) mass is 291 g/mol. The van der Waals surface area contributed by atoms with Crippen LogP contribution in [0.25, 0.3) is 5.65 Å². The smallest absolute Gasteiger partial charge is 0.138 e. The third-order valence-electron chi connectivity index (χ3n) is 4.25. The molecule has 108 valence electrons. The van der Waals surface area contributed by atoms with Crippen LogP contribution in [-0.2, 0) is 6.42 Å². The average molecular weight is 292 g/mol. The summed E-state index contributed by atoms with van der Waals surface area (Å²) >= 11 is 6.01. The van der Waals surface area contributed by atoms with Crippen LogP contribution in [0.1, 0.15) is 32.4 Å². The molecule has 0 bridgehead atoms. The number of imidazole rings is 1. The predicted octanol–water partition coefficient (Wildman–Crippen LogP) is 3.65. The van der Waals surface area contributed by atoms with Crippen molar-refractivity contribution in [1.29, 1.82) is 0 Å². The van der Waals surface area contributed by atoms with Crippen molar-refractivity contribution >= 4 is 17.2 Å². The molecule has 0 spiro atoms. The van der Waals surface area contributed by atoms with Gasteiger partial charge in [-0.1, -0.05) is 11.6 Å². The minimum Gasteiger partial charge on any atom is -0.307 e. The van der Waals surface area contributed by atoms with E-state index in [1.54, 1.807) is 0 Å². The molecule has 1 unspecified atom stereocenters. The maximum atomic E-state index is 6.01. The summed E-state index contributed by atoms with van der Waals surface area (Å²) < 4.78 is 2.06. The lowest BCUT2D eigenvalue weighted by Gasteiger charge is -2.35. The van der Waals surface area contributed by atoms with Gasteiger partial charge in [0, 0.05) is 30.0 Å². The lowest BCUT2D eigenvalue weighted by Crippen LogP contribution is -2.40. The number of rotatable bonds is 3. The topological polar surface area (TPSA) is 20.5 Å². The molecule has 3 nitrogen and oxygen atoms in total. The van der Waals surface area contributed by atoms with Crippen molar-refractivity contribution in [3.8, 4) is 0 Å². The fraction of sp³-hybridized carbons (Fsp3) is 0.562. The SMILES string of the molecule is CC(C)N1CCCC(Cc2cn3ccc(Cl)cc3n2)C1. The van der Waals surface area contributed by atoms with E-state index in [4.69, 9.17) is 16.6 Å². The highest BCUT2D eigenvalue weighted by Gasteiger charge is 2.22. The summed E-state index contributed by atoms with van der Waals surface area (Å²) in [6.45, 7) is 7.02. The van der Waals surface area contributed by atoms with Crippen molar-refractivity contribution in [2.24, 2.45) is 5.92 Å². The van der Waals surface area contributed by atoms with E-state index in [0.29, 0.717) is 6.04 Å². The molecule has 2 aromatic rings. The number of hydrogen-bond donors (Lipinski definition) is 0. The van der Waals surface area contributed by atoms with E-state index < -0.39 is 0 Å². The minimum absolute atomic E-state index is 0.651. The maximum absolute atomic E-state index is 6.01. The Bertz CT molecular complexity index is 590. The molecule has 20 heavy (non-hydrogen) atoms. The third-order valence-corrected chi connectivity index (χ3v) is 4.49. The Balaban J connectivity index is 1.72. The van der Waals surface area contributed by atoms with Gasteiger partial charge in [-0.3, -0.25) is 0 Å². The van der Waals surface area contributed by atoms with Crippen molar-refractivity contribution in [3.63, 3.8) is 0 Å².